The quantitative estimate of drug-likeness (QED) is 0.817. The van der Waals surface area contributed by atoms with E-state index in [2.05, 4.69) is 10.6 Å². The molecule has 1 aliphatic heterocycles. The highest BCUT2D eigenvalue weighted by Gasteiger charge is 2.18. The van der Waals surface area contributed by atoms with Gasteiger partial charge in [-0.2, -0.15) is 0 Å². The molecule has 0 aliphatic carbocycles. The minimum Gasteiger partial charge on any atom is -0.349 e. The summed E-state index contributed by atoms with van der Waals surface area (Å²) in [6, 6.07) is 15.4. The van der Waals surface area contributed by atoms with Gasteiger partial charge in [0, 0.05) is 11.6 Å². The smallest absolute Gasteiger partial charge is 0.251 e. The van der Waals surface area contributed by atoms with Crippen LogP contribution in [0.5, 0.6) is 0 Å². The summed E-state index contributed by atoms with van der Waals surface area (Å²) in [6.07, 6.45) is 1.82. The van der Waals surface area contributed by atoms with E-state index in [1.807, 2.05) is 18.2 Å². The lowest BCUT2D eigenvalue weighted by Crippen LogP contribution is -2.42. The molecule has 3 rings (SSSR count). The van der Waals surface area contributed by atoms with Crippen LogP contribution in [0, 0.1) is 0 Å². The van der Waals surface area contributed by atoms with Gasteiger partial charge in [0.2, 0.25) is 0 Å². The van der Waals surface area contributed by atoms with Gasteiger partial charge in [0.1, 0.15) is 0 Å². The number of carbonyl (C=O) groups is 1. The standard InChI is InChI=1S/C19H22N2O3S.ClH/c22-19(21-17-10-12-20-13-11-17)16-6-8-18(9-7-16)25(23,24)14-15-4-2-1-3-5-15;/h1-9,17,20H,10-14H2,(H,21,22);1H. The molecule has 2 aromatic rings. The molecule has 1 amide bonds. The van der Waals surface area contributed by atoms with Crippen molar-refractivity contribution in [2.24, 2.45) is 0 Å². The number of amides is 1. The molecule has 0 atom stereocenters. The molecule has 0 saturated carbocycles. The van der Waals surface area contributed by atoms with Crippen molar-refractivity contribution in [3.63, 3.8) is 0 Å². The molecule has 1 fully saturated rings. The first-order valence-corrected chi connectivity index (χ1v) is 10.1. The van der Waals surface area contributed by atoms with Gasteiger partial charge in [0.15, 0.2) is 9.84 Å². The van der Waals surface area contributed by atoms with Crippen LogP contribution in [-0.4, -0.2) is 33.5 Å². The van der Waals surface area contributed by atoms with Gasteiger partial charge in [-0.1, -0.05) is 30.3 Å². The second-order valence-corrected chi connectivity index (χ2v) is 8.26. The van der Waals surface area contributed by atoms with Crippen molar-refractivity contribution in [3.8, 4) is 0 Å². The van der Waals surface area contributed by atoms with Gasteiger partial charge in [-0.3, -0.25) is 4.79 Å². The predicted octanol–water partition coefficient (Wildman–Crippen LogP) is 2.56. The van der Waals surface area contributed by atoms with E-state index < -0.39 is 9.84 Å². The van der Waals surface area contributed by atoms with Crippen LogP contribution in [0.15, 0.2) is 59.5 Å². The lowest BCUT2D eigenvalue weighted by atomic mass is 10.1. The van der Waals surface area contributed by atoms with Crippen LogP contribution in [-0.2, 0) is 15.6 Å². The van der Waals surface area contributed by atoms with Crippen molar-refractivity contribution in [2.45, 2.75) is 29.5 Å². The average molecular weight is 395 g/mol. The molecule has 0 spiro atoms. The first kappa shape index (κ1) is 20.4. The number of benzene rings is 2. The zero-order chi connectivity index (χ0) is 17.7. The molecule has 7 heteroatoms. The Labute approximate surface area is 160 Å². The van der Waals surface area contributed by atoms with E-state index in [9.17, 15) is 13.2 Å². The number of nitrogens with one attached hydrogen (secondary N) is 2. The molecular formula is C19H23ClN2O3S. The van der Waals surface area contributed by atoms with Gasteiger partial charge in [-0.25, -0.2) is 8.42 Å². The van der Waals surface area contributed by atoms with Gasteiger partial charge >= 0.3 is 0 Å². The summed E-state index contributed by atoms with van der Waals surface area (Å²) in [7, 11) is -3.42. The monoisotopic (exact) mass is 394 g/mol. The van der Waals surface area contributed by atoms with E-state index in [4.69, 9.17) is 0 Å². The normalized spacial score (nSPS) is 15.1. The van der Waals surface area contributed by atoms with E-state index in [1.165, 1.54) is 12.1 Å². The highest BCUT2D eigenvalue weighted by atomic mass is 35.5. The van der Waals surface area contributed by atoms with Gasteiger partial charge in [0.05, 0.1) is 10.6 Å². The van der Waals surface area contributed by atoms with E-state index in [0.29, 0.717) is 5.56 Å². The summed E-state index contributed by atoms with van der Waals surface area (Å²) in [6.45, 7) is 1.81. The summed E-state index contributed by atoms with van der Waals surface area (Å²) in [5.41, 5.74) is 1.23. The molecular weight excluding hydrogens is 372 g/mol. The maximum Gasteiger partial charge on any atom is 0.251 e. The Morgan fingerprint density at radius 1 is 1.00 bits per heavy atom. The molecule has 0 radical (unpaired) electrons. The summed E-state index contributed by atoms with van der Waals surface area (Å²) < 4.78 is 25.0. The summed E-state index contributed by atoms with van der Waals surface area (Å²) in [5, 5.41) is 6.26. The highest BCUT2D eigenvalue weighted by molar-refractivity contribution is 7.90. The van der Waals surface area contributed by atoms with Gasteiger partial charge in [-0.05, 0) is 55.8 Å². The lowest BCUT2D eigenvalue weighted by Gasteiger charge is -2.23. The van der Waals surface area contributed by atoms with E-state index in [0.717, 1.165) is 31.5 Å². The fourth-order valence-electron chi connectivity index (χ4n) is 2.93. The van der Waals surface area contributed by atoms with Crippen LogP contribution < -0.4 is 10.6 Å². The van der Waals surface area contributed by atoms with Gasteiger partial charge < -0.3 is 10.6 Å². The Balaban J connectivity index is 0.00000243. The summed E-state index contributed by atoms with van der Waals surface area (Å²) >= 11 is 0. The van der Waals surface area contributed by atoms with Gasteiger partial charge in [0.25, 0.3) is 5.91 Å². The zero-order valence-electron chi connectivity index (χ0n) is 14.4. The van der Waals surface area contributed by atoms with Crippen LogP contribution in [0.2, 0.25) is 0 Å². The molecule has 0 unspecified atom stereocenters. The molecule has 26 heavy (non-hydrogen) atoms. The minimum absolute atomic E-state index is 0. The van der Waals surface area contributed by atoms with E-state index in [-0.39, 0.29) is 35.0 Å². The molecule has 1 saturated heterocycles. The average Bonchev–Trinajstić information content (AvgIpc) is 2.63. The summed E-state index contributed by atoms with van der Waals surface area (Å²) in [5.74, 6) is -0.201. The topological polar surface area (TPSA) is 75.3 Å². The Kier molecular flexibility index (Phi) is 7.20. The number of rotatable bonds is 5. The highest BCUT2D eigenvalue weighted by Crippen LogP contribution is 2.17. The molecule has 1 aliphatic rings. The van der Waals surface area contributed by atoms with Crippen molar-refractivity contribution >= 4 is 28.2 Å². The van der Waals surface area contributed by atoms with Crippen LogP contribution >= 0.6 is 12.4 Å². The Morgan fingerprint density at radius 2 is 1.62 bits per heavy atom. The summed E-state index contributed by atoms with van der Waals surface area (Å²) in [4.78, 5) is 12.5. The van der Waals surface area contributed by atoms with Crippen LogP contribution in [0.4, 0.5) is 0 Å². The van der Waals surface area contributed by atoms with E-state index >= 15 is 0 Å². The molecule has 2 aromatic carbocycles. The van der Waals surface area contributed by atoms with Crippen LogP contribution in [0.3, 0.4) is 0 Å². The molecule has 5 nitrogen and oxygen atoms in total. The predicted molar refractivity (Wildman–Crippen MR) is 104 cm³/mol. The number of carbonyl (C=O) groups excluding carboxylic acids is 1. The molecule has 0 bridgehead atoms. The third kappa shape index (κ3) is 5.30. The third-order valence-corrected chi connectivity index (χ3v) is 6.05. The van der Waals surface area contributed by atoms with Crippen molar-refractivity contribution in [1.82, 2.24) is 10.6 Å². The fourth-order valence-corrected chi connectivity index (χ4v) is 4.27. The Hall–Kier alpha value is -1.89. The maximum absolute atomic E-state index is 12.5. The number of hydrogen-bond acceptors (Lipinski definition) is 4. The molecule has 1 heterocycles. The van der Waals surface area contributed by atoms with Crippen LogP contribution in [0.25, 0.3) is 0 Å². The second kappa shape index (κ2) is 9.16. The zero-order valence-corrected chi connectivity index (χ0v) is 16.0. The number of sulfone groups is 1. The second-order valence-electron chi connectivity index (χ2n) is 6.27. The maximum atomic E-state index is 12.5. The van der Waals surface area contributed by atoms with Gasteiger partial charge in [-0.15, -0.1) is 12.4 Å². The first-order valence-electron chi connectivity index (χ1n) is 8.43. The van der Waals surface area contributed by atoms with Crippen molar-refractivity contribution < 1.29 is 13.2 Å². The van der Waals surface area contributed by atoms with Crippen molar-refractivity contribution in [1.29, 1.82) is 0 Å². The largest absolute Gasteiger partial charge is 0.349 e. The molecule has 2 N–H and O–H groups in total. The number of hydrogen-bond donors (Lipinski definition) is 2. The Bertz CT molecular complexity index is 818. The Morgan fingerprint density at radius 3 is 2.23 bits per heavy atom. The van der Waals surface area contributed by atoms with Crippen LogP contribution in [0.1, 0.15) is 28.8 Å². The lowest BCUT2D eigenvalue weighted by molar-refractivity contribution is 0.0929. The third-order valence-electron chi connectivity index (χ3n) is 4.35. The number of halogens is 1. The minimum atomic E-state index is -3.42. The fraction of sp³-hybridized carbons (Fsp3) is 0.316. The van der Waals surface area contributed by atoms with Crippen molar-refractivity contribution in [2.75, 3.05) is 13.1 Å². The van der Waals surface area contributed by atoms with Crippen molar-refractivity contribution in [3.05, 3.63) is 65.7 Å². The van der Waals surface area contributed by atoms with E-state index in [1.54, 1.807) is 24.3 Å². The number of piperidine rings is 1. The molecule has 140 valence electrons. The first-order chi connectivity index (χ1) is 12.0. The molecule has 0 aromatic heterocycles. The SMILES string of the molecule is Cl.O=C(NC1CCNCC1)c1ccc(S(=O)(=O)Cc2ccccc2)cc1.